The summed E-state index contributed by atoms with van der Waals surface area (Å²) < 4.78 is 0. The second-order valence-electron chi connectivity index (χ2n) is 4.17. The SMILES string of the molecule is CC.CC(=O)N1CC2CN(C)CC2C1. The third-order valence-electron chi connectivity index (χ3n) is 3.11. The van der Waals surface area contributed by atoms with Crippen molar-refractivity contribution in [2.24, 2.45) is 11.8 Å². The van der Waals surface area contributed by atoms with Gasteiger partial charge in [0.25, 0.3) is 0 Å². The van der Waals surface area contributed by atoms with Gasteiger partial charge in [-0.05, 0) is 18.9 Å². The van der Waals surface area contributed by atoms with Crippen LogP contribution in [0.4, 0.5) is 0 Å². The van der Waals surface area contributed by atoms with Gasteiger partial charge >= 0.3 is 0 Å². The fourth-order valence-corrected chi connectivity index (χ4v) is 2.48. The molecular formula is C11H22N2O. The summed E-state index contributed by atoms with van der Waals surface area (Å²) in [4.78, 5) is 15.4. The molecule has 2 rings (SSSR count). The molecule has 2 heterocycles. The lowest BCUT2D eigenvalue weighted by Crippen LogP contribution is -2.30. The molecule has 0 saturated carbocycles. The molecular weight excluding hydrogens is 176 g/mol. The van der Waals surface area contributed by atoms with Gasteiger partial charge in [0.2, 0.25) is 5.91 Å². The van der Waals surface area contributed by atoms with Crippen LogP contribution < -0.4 is 0 Å². The van der Waals surface area contributed by atoms with Gasteiger partial charge in [0, 0.05) is 33.1 Å². The Bertz CT molecular complexity index is 191. The van der Waals surface area contributed by atoms with E-state index in [2.05, 4.69) is 11.9 Å². The first-order chi connectivity index (χ1) is 6.66. The molecule has 14 heavy (non-hydrogen) atoms. The monoisotopic (exact) mass is 198 g/mol. The molecule has 2 aliphatic heterocycles. The molecule has 0 radical (unpaired) electrons. The van der Waals surface area contributed by atoms with E-state index in [1.54, 1.807) is 6.92 Å². The number of nitrogens with zero attached hydrogens (tertiary/aromatic N) is 2. The van der Waals surface area contributed by atoms with Crippen LogP contribution in [0.1, 0.15) is 20.8 Å². The summed E-state index contributed by atoms with van der Waals surface area (Å²) >= 11 is 0. The van der Waals surface area contributed by atoms with Crippen molar-refractivity contribution in [3.05, 3.63) is 0 Å². The van der Waals surface area contributed by atoms with Gasteiger partial charge in [-0.1, -0.05) is 13.8 Å². The molecule has 2 saturated heterocycles. The van der Waals surface area contributed by atoms with Crippen molar-refractivity contribution >= 4 is 5.91 Å². The predicted octanol–water partition coefficient (Wildman–Crippen LogP) is 1.05. The number of hydrogen-bond acceptors (Lipinski definition) is 2. The maximum Gasteiger partial charge on any atom is 0.219 e. The lowest BCUT2D eigenvalue weighted by atomic mass is 10.0. The molecule has 2 unspecified atom stereocenters. The third kappa shape index (κ3) is 2.27. The summed E-state index contributed by atoms with van der Waals surface area (Å²) in [6.45, 7) is 10.0. The summed E-state index contributed by atoms with van der Waals surface area (Å²) in [5, 5.41) is 0. The van der Waals surface area contributed by atoms with Crippen LogP contribution in [0.3, 0.4) is 0 Å². The van der Waals surface area contributed by atoms with Crippen molar-refractivity contribution in [3.8, 4) is 0 Å². The van der Waals surface area contributed by atoms with Gasteiger partial charge in [-0.15, -0.1) is 0 Å². The van der Waals surface area contributed by atoms with E-state index in [-0.39, 0.29) is 5.91 Å². The molecule has 0 aromatic rings. The highest BCUT2D eigenvalue weighted by Crippen LogP contribution is 2.29. The Balaban J connectivity index is 0.000000461. The molecule has 1 amide bonds. The molecule has 0 aromatic heterocycles. The van der Waals surface area contributed by atoms with Gasteiger partial charge < -0.3 is 9.80 Å². The summed E-state index contributed by atoms with van der Waals surface area (Å²) in [6.07, 6.45) is 0. The van der Waals surface area contributed by atoms with Crippen LogP contribution in [-0.2, 0) is 4.79 Å². The minimum atomic E-state index is 0.243. The Morgan fingerprint density at radius 2 is 1.50 bits per heavy atom. The Labute approximate surface area is 87.1 Å². The quantitative estimate of drug-likeness (QED) is 0.581. The maximum atomic E-state index is 11.1. The van der Waals surface area contributed by atoms with Gasteiger partial charge in [-0.2, -0.15) is 0 Å². The molecule has 0 N–H and O–H groups in total. The number of hydrogen-bond donors (Lipinski definition) is 0. The molecule has 2 atom stereocenters. The standard InChI is InChI=1S/C9H16N2O.C2H6/c1-7(12)11-5-8-3-10(2)4-9(8)6-11;1-2/h8-9H,3-6H2,1-2H3;1-2H3. The zero-order chi connectivity index (χ0) is 10.7. The van der Waals surface area contributed by atoms with Gasteiger partial charge in [-0.25, -0.2) is 0 Å². The molecule has 0 spiro atoms. The van der Waals surface area contributed by atoms with E-state index in [0.717, 1.165) is 24.9 Å². The van der Waals surface area contributed by atoms with E-state index >= 15 is 0 Å². The predicted molar refractivity (Wildman–Crippen MR) is 58.1 cm³/mol. The highest BCUT2D eigenvalue weighted by molar-refractivity contribution is 5.73. The highest BCUT2D eigenvalue weighted by Gasteiger charge is 2.39. The molecule has 2 fully saturated rings. The normalized spacial score (nSPS) is 31.0. The highest BCUT2D eigenvalue weighted by atomic mass is 16.2. The summed E-state index contributed by atoms with van der Waals surface area (Å²) in [6, 6.07) is 0. The first-order valence-corrected chi connectivity index (χ1v) is 5.61. The fourth-order valence-electron chi connectivity index (χ4n) is 2.48. The van der Waals surface area contributed by atoms with E-state index in [1.807, 2.05) is 18.7 Å². The van der Waals surface area contributed by atoms with Gasteiger partial charge in [0.15, 0.2) is 0 Å². The lowest BCUT2D eigenvalue weighted by molar-refractivity contribution is -0.128. The average Bonchev–Trinajstić information content (AvgIpc) is 2.64. The minimum Gasteiger partial charge on any atom is -0.342 e. The second-order valence-corrected chi connectivity index (χ2v) is 4.17. The number of amides is 1. The van der Waals surface area contributed by atoms with E-state index in [4.69, 9.17) is 0 Å². The van der Waals surface area contributed by atoms with Crippen LogP contribution in [0, 0.1) is 11.8 Å². The van der Waals surface area contributed by atoms with E-state index < -0.39 is 0 Å². The molecule has 2 aliphatic rings. The Kier molecular flexibility index (Phi) is 3.93. The number of rotatable bonds is 0. The van der Waals surface area contributed by atoms with Crippen LogP contribution in [0.25, 0.3) is 0 Å². The van der Waals surface area contributed by atoms with Crippen LogP contribution >= 0.6 is 0 Å². The van der Waals surface area contributed by atoms with Crippen molar-refractivity contribution in [1.82, 2.24) is 9.80 Å². The average molecular weight is 198 g/mol. The fraction of sp³-hybridized carbons (Fsp3) is 0.909. The zero-order valence-electron chi connectivity index (χ0n) is 9.79. The third-order valence-corrected chi connectivity index (χ3v) is 3.11. The Hall–Kier alpha value is -0.570. The number of carbonyl (C=O) groups is 1. The number of likely N-dealkylation sites (tertiary alicyclic amines) is 2. The van der Waals surface area contributed by atoms with Crippen LogP contribution in [0.5, 0.6) is 0 Å². The molecule has 82 valence electrons. The molecule has 3 heteroatoms. The molecule has 0 aromatic carbocycles. The van der Waals surface area contributed by atoms with Gasteiger partial charge in [0.1, 0.15) is 0 Å². The minimum absolute atomic E-state index is 0.243. The maximum absolute atomic E-state index is 11.1. The number of carbonyl (C=O) groups excluding carboxylic acids is 1. The largest absolute Gasteiger partial charge is 0.342 e. The second kappa shape index (κ2) is 4.78. The Morgan fingerprint density at radius 1 is 1.07 bits per heavy atom. The van der Waals surface area contributed by atoms with Crippen LogP contribution in [-0.4, -0.2) is 48.9 Å². The van der Waals surface area contributed by atoms with Gasteiger partial charge in [-0.3, -0.25) is 4.79 Å². The summed E-state index contributed by atoms with van der Waals surface area (Å²) in [5.41, 5.74) is 0. The first-order valence-electron chi connectivity index (χ1n) is 5.61. The number of fused-ring (bicyclic) bond motifs is 1. The lowest BCUT2D eigenvalue weighted by Gasteiger charge is -2.17. The molecule has 3 nitrogen and oxygen atoms in total. The zero-order valence-corrected chi connectivity index (χ0v) is 9.79. The van der Waals surface area contributed by atoms with E-state index in [1.165, 1.54) is 13.1 Å². The van der Waals surface area contributed by atoms with Crippen molar-refractivity contribution in [2.45, 2.75) is 20.8 Å². The van der Waals surface area contributed by atoms with E-state index in [9.17, 15) is 4.79 Å². The van der Waals surface area contributed by atoms with Crippen LogP contribution in [0.2, 0.25) is 0 Å². The van der Waals surface area contributed by atoms with Crippen molar-refractivity contribution in [3.63, 3.8) is 0 Å². The smallest absolute Gasteiger partial charge is 0.219 e. The van der Waals surface area contributed by atoms with Crippen molar-refractivity contribution < 1.29 is 4.79 Å². The topological polar surface area (TPSA) is 23.6 Å². The summed E-state index contributed by atoms with van der Waals surface area (Å²) in [5.74, 6) is 1.74. The molecule has 0 aliphatic carbocycles. The van der Waals surface area contributed by atoms with Crippen molar-refractivity contribution in [1.29, 1.82) is 0 Å². The van der Waals surface area contributed by atoms with Gasteiger partial charge in [0.05, 0.1) is 0 Å². The summed E-state index contributed by atoms with van der Waals surface area (Å²) in [7, 11) is 2.16. The molecule has 0 bridgehead atoms. The van der Waals surface area contributed by atoms with Crippen molar-refractivity contribution in [2.75, 3.05) is 33.2 Å². The first kappa shape index (κ1) is 11.5. The Morgan fingerprint density at radius 3 is 1.86 bits per heavy atom. The van der Waals surface area contributed by atoms with E-state index in [0.29, 0.717) is 0 Å². The van der Waals surface area contributed by atoms with Crippen LogP contribution in [0.15, 0.2) is 0 Å².